The number of aryl methyl sites for hydroxylation is 1. The van der Waals surface area contributed by atoms with Crippen molar-refractivity contribution in [1.29, 1.82) is 0 Å². The molecule has 3 aromatic carbocycles. The third-order valence-corrected chi connectivity index (χ3v) is 4.43. The molecule has 23 heavy (non-hydrogen) atoms. The van der Waals surface area contributed by atoms with E-state index in [1.54, 1.807) is 6.92 Å². The molecule has 0 saturated carbocycles. The molecule has 2 heteroatoms. The van der Waals surface area contributed by atoms with E-state index in [9.17, 15) is 4.79 Å². The minimum atomic E-state index is 0.108. The molecule has 0 radical (unpaired) electrons. The van der Waals surface area contributed by atoms with Crippen LogP contribution in [0.2, 0.25) is 0 Å². The molecular formula is C21H17NO. The van der Waals surface area contributed by atoms with Gasteiger partial charge in [-0.05, 0) is 49.7 Å². The van der Waals surface area contributed by atoms with Gasteiger partial charge in [0.2, 0.25) is 0 Å². The highest BCUT2D eigenvalue weighted by Gasteiger charge is 2.12. The molecule has 0 bridgehead atoms. The third-order valence-electron chi connectivity index (χ3n) is 4.43. The van der Waals surface area contributed by atoms with Gasteiger partial charge in [-0.2, -0.15) is 0 Å². The van der Waals surface area contributed by atoms with Crippen LogP contribution in [0.5, 0.6) is 0 Å². The van der Waals surface area contributed by atoms with Gasteiger partial charge in [0.15, 0.2) is 5.78 Å². The van der Waals surface area contributed by atoms with Gasteiger partial charge in [0.1, 0.15) is 0 Å². The van der Waals surface area contributed by atoms with Crippen molar-refractivity contribution in [3.05, 3.63) is 77.9 Å². The first-order valence-electron chi connectivity index (χ1n) is 7.77. The zero-order valence-electron chi connectivity index (χ0n) is 13.2. The van der Waals surface area contributed by atoms with E-state index in [2.05, 4.69) is 59.2 Å². The zero-order chi connectivity index (χ0) is 16.0. The van der Waals surface area contributed by atoms with Crippen molar-refractivity contribution >= 4 is 27.6 Å². The van der Waals surface area contributed by atoms with E-state index in [4.69, 9.17) is 0 Å². The van der Waals surface area contributed by atoms with Crippen LogP contribution in [-0.2, 0) is 0 Å². The van der Waals surface area contributed by atoms with Crippen molar-refractivity contribution < 1.29 is 4.79 Å². The molecule has 0 aliphatic rings. The molecule has 0 atom stereocenters. The Labute approximate surface area is 135 Å². The first-order valence-corrected chi connectivity index (χ1v) is 7.77. The molecule has 112 valence electrons. The van der Waals surface area contributed by atoms with Crippen LogP contribution in [0.4, 0.5) is 0 Å². The van der Waals surface area contributed by atoms with Crippen molar-refractivity contribution in [2.24, 2.45) is 0 Å². The maximum Gasteiger partial charge on any atom is 0.160 e. The summed E-state index contributed by atoms with van der Waals surface area (Å²) in [5.41, 5.74) is 5.25. The maximum atomic E-state index is 11.7. The van der Waals surface area contributed by atoms with Crippen LogP contribution in [0.1, 0.15) is 22.8 Å². The van der Waals surface area contributed by atoms with Gasteiger partial charge >= 0.3 is 0 Å². The third kappa shape index (κ3) is 2.07. The minimum absolute atomic E-state index is 0.108. The Balaban J connectivity index is 2.08. The maximum absolute atomic E-state index is 11.7. The summed E-state index contributed by atoms with van der Waals surface area (Å²) >= 11 is 0. The summed E-state index contributed by atoms with van der Waals surface area (Å²) in [6, 6.07) is 22.9. The normalized spacial score (nSPS) is 11.2. The molecule has 0 aliphatic carbocycles. The van der Waals surface area contributed by atoms with Crippen LogP contribution < -0.4 is 0 Å². The Hall–Kier alpha value is -2.87. The minimum Gasteiger partial charge on any atom is -0.309 e. The Morgan fingerprint density at radius 1 is 0.826 bits per heavy atom. The van der Waals surface area contributed by atoms with Crippen molar-refractivity contribution in [3.63, 3.8) is 0 Å². The van der Waals surface area contributed by atoms with Gasteiger partial charge in [0.05, 0.1) is 11.0 Å². The number of rotatable bonds is 2. The van der Waals surface area contributed by atoms with Gasteiger partial charge in [-0.1, -0.05) is 36.4 Å². The number of aromatic nitrogens is 1. The smallest absolute Gasteiger partial charge is 0.160 e. The molecule has 2 nitrogen and oxygen atoms in total. The molecule has 1 heterocycles. The molecular weight excluding hydrogens is 282 g/mol. The second-order valence-electron chi connectivity index (χ2n) is 5.93. The molecule has 4 rings (SSSR count). The Morgan fingerprint density at radius 2 is 1.39 bits per heavy atom. The van der Waals surface area contributed by atoms with E-state index >= 15 is 0 Å². The van der Waals surface area contributed by atoms with Crippen LogP contribution >= 0.6 is 0 Å². The fraction of sp³-hybridized carbons (Fsp3) is 0.0952. The molecule has 0 amide bonds. The quantitative estimate of drug-likeness (QED) is 0.461. The highest BCUT2D eigenvalue weighted by atomic mass is 16.1. The van der Waals surface area contributed by atoms with E-state index in [0.717, 1.165) is 16.8 Å². The lowest BCUT2D eigenvalue weighted by molar-refractivity contribution is 0.101. The van der Waals surface area contributed by atoms with Gasteiger partial charge in [-0.3, -0.25) is 4.79 Å². The monoisotopic (exact) mass is 299 g/mol. The number of para-hydroxylation sites is 2. The number of ketones is 1. The predicted molar refractivity (Wildman–Crippen MR) is 95.5 cm³/mol. The van der Waals surface area contributed by atoms with Gasteiger partial charge in [0, 0.05) is 22.0 Å². The van der Waals surface area contributed by atoms with Gasteiger partial charge in [0.25, 0.3) is 0 Å². The van der Waals surface area contributed by atoms with Crippen LogP contribution in [0, 0.1) is 6.92 Å². The van der Waals surface area contributed by atoms with E-state index in [0.29, 0.717) is 0 Å². The summed E-state index contributed by atoms with van der Waals surface area (Å²) in [6.07, 6.45) is 0. The number of carbonyl (C=O) groups excluding carboxylic acids is 1. The summed E-state index contributed by atoms with van der Waals surface area (Å²) in [5, 5.41) is 2.49. The second kappa shape index (κ2) is 5.10. The fourth-order valence-electron chi connectivity index (χ4n) is 3.38. The van der Waals surface area contributed by atoms with Crippen LogP contribution in [0.3, 0.4) is 0 Å². The SMILES string of the molecule is CC(=O)c1ccc(-n2c3ccccc3c3ccccc32)cc1C. The molecule has 0 N–H and O–H groups in total. The molecule has 0 fully saturated rings. The Morgan fingerprint density at radius 3 is 1.91 bits per heavy atom. The average Bonchev–Trinajstić information content (AvgIpc) is 2.89. The van der Waals surface area contributed by atoms with Crippen LogP contribution in [0.25, 0.3) is 27.5 Å². The number of carbonyl (C=O) groups is 1. The van der Waals surface area contributed by atoms with Gasteiger partial charge in [-0.25, -0.2) is 0 Å². The average molecular weight is 299 g/mol. The lowest BCUT2D eigenvalue weighted by Gasteiger charge is -2.10. The van der Waals surface area contributed by atoms with Crippen LogP contribution in [0.15, 0.2) is 66.7 Å². The molecule has 0 spiro atoms. The first kappa shape index (κ1) is 13.8. The summed E-state index contributed by atoms with van der Waals surface area (Å²) in [7, 11) is 0. The highest BCUT2D eigenvalue weighted by molar-refractivity contribution is 6.09. The number of fused-ring (bicyclic) bond motifs is 3. The number of hydrogen-bond acceptors (Lipinski definition) is 1. The predicted octanol–water partition coefficient (Wildman–Crippen LogP) is 5.29. The standard InChI is InChI=1S/C21H17NO/c1-14-13-16(11-12-17(14)15(2)23)22-20-9-5-3-7-18(20)19-8-4-6-10-21(19)22/h3-13H,1-2H3. The highest BCUT2D eigenvalue weighted by Crippen LogP contribution is 2.32. The molecule has 0 unspecified atom stereocenters. The van der Waals surface area contributed by atoms with Crippen molar-refractivity contribution in [1.82, 2.24) is 4.57 Å². The van der Waals surface area contributed by atoms with Crippen molar-refractivity contribution in [2.45, 2.75) is 13.8 Å². The van der Waals surface area contributed by atoms with Crippen LogP contribution in [-0.4, -0.2) is 10.4 Å². The lowest BCUT2D eigenvalue weighted by Crippen LogP contribution is -1.99. The lowest BCUT2D eigenvalue weighted by atomic mass is 10.0. The molecule has 4 aromatic rings. The van der Waals surface area contributed by atoms with Crippen molar-refractivity contribution in [3.8, 4) is 5.69 Å². The first-order chi connectivity index (χ1) is 11.2. The zero-order valence-corrected chi connectivity index (χ0v) is 13.2. The summed E-state index contributed by atoms with van der Waals surface area (Å²) in [6.45, 7) is 3.61. The van der Waals surface area contributed by atoms with E-state index in [1.807, 2.05) is 19.1 Å². The number of Topliss-reactive ketones (excluding diaryl/α,β-unsaturated/α-hetero) is 1. The number of benzene rings is 3. The largest absolute Gasteiger partial charge is 0.309 e. The molecule has 0 aliphatic heterocycles. The molecule has 1 aromatic heterocycles. The fourth-order valence-corrected chi connectivity index (χ4v) is 3.38. The second-order valence-corrected chi connectivity index (χ2v) is 5.93. The van der Waals surface area contributed by atoms with E-state index in [1.165, 1.54) is 21.8 Å². The van der Waals surface area contributed by atoms with E-state index < -0.39 is 0 Å². The summed E-state index contributed by atoms with van der Waals surface area (Å²) in [4.78, 5) is 11.7. The number of hydrogen-bond donors (Lipinski definition) is 0. The van der Waals surface area contributed by atoms with Gasteiger partial charge in [-0.15, -0.1) is 0 Å². The Bertz CT molecular complexity index is 1000. The van der Waals surface area contributed by atoms with Gasteiger partial charge < -0.3 is 4.57 Å². The van der Waals surface area contributed by atoms with Crippen molar-refractivity contribution in [2.75, 3.05) is 0 Å². The Kier molecular flexibility index (Phi) is 3.05. The summed E-state index contributed by atoms with van der Waals surface area (Å²) in [5.74, 6) is 0.108. The van der Waals surface area contributed by atoms with E-state index in [-0.39, 0.29) is 5.78 Å². The topological polar surface area (TPSA) is 22.0 Å². The summed E-state index contributed by atoms with van der Waals surface area (Å²) < 4.78 is 2.27. The number of nitrogens with zero attached hydrogens (tertiary/aromatic N) is 1. The molecule has 0 saturated heterocycles.